The lowest BCUT2D eigenvalue weighted by Gasteiger charge is -2.19. The van der Waals surface area contributed by atoms with E-state index in [2.05, 4.69) is 4.74 Å². The van der Waals surface area contributed by atoms with Crippen molar-refractivity contribution in [3.63, 3.8) is 0 Å². The van der Waals surface area contributed by atoms with E-state index in [-0.39, 0.29) is 35.1 Å². The van der Waals surface area contributed by atoms with Crippen LogP contribution in [0.1, 0.15) is 31.2 Å². The molecule has 2 amide bonds. The van der Waals surface area contributed by atoms with Gasteiger partial charge in [0.2, 0.25) is 11.8 Å². The number of carbonyl (C=O) groups is 2. The molecule has 2 atom stereocenters. The Labute approximate surface area is 127 Å². The van der Waals surface area contributed by atoms with Crippen LogP contribution in [-0.2, 0) is 9.59 Å². The minimum absolute atomic E-state index is 0.121. The van der Waals surface area contributed by atoms with Crippen LogP contribution in [0.2, 0.25) is 0 Å². The zero-order valence-corrected chi connectivity index (χ0v) is 12.2. The van der Waals surface area contributed by atoms with Gasteiger partial charge in [0.15, 0.2) is 5.75 Å². The molecule has 0 aromatic heterocycles. The van der Waals surface area contributed by atoms with Crippen molar-refractivity contribution in [2.24, 2.45) is 11.8 Å². The second-order valence-electron chi connectivity index (χ2n) is 5.86. The number of hydrogen-bond acceptors (Lipinski definition) is 3. The number of carbonyl (C=O) groups excluding carboxylic acids is 2. The third-order valence-electron chi connectivity index (χ3n) is 4.41. The molecule has 1 aliphatic heterocycles. The van der Waals surface area contributed by atoms with Crippen molar-refractivity contribution in [1.82, 2.24) is 0 Å². The Morgan fingerprint density at radius 2 is 1.73 bits per heavy atom. The summed E-state index contributed by atoms with van der Waals surface area (Å²) in [6.07, 6.45) is 3.20. The number of alkyl halides is 2. The Bertz CT molecular complexity index is 593. The first kappa shape index (κ1) is 14.9. The van der Waals surface area contributed by atoms with Gasteiger partial charge >= 0.3 is 6.61 Å². The number of ether oxygens (including phenoxy) is 1. The molecule has 2 fully saturated rings. The number of aryl methyl sites for hydroxylation is 1. The highest BCUT2D eigenvalue weighted by Crippen LogP contribution is 2.42. The predicted molar refractivity (Wildman–Crippen MR) is 75.8 cm³/mol. The molecule has 0 N–H and O–H groups in total. The van der Waals surface area contributed by atoms with E-state index in [9.17, 15) is 18.4 Å². The van der Waals surface area contributed by atoms with Crippen LogP contribution in [-0.4, -0.2) is 18.4 Å². The van der Waals surface area contributed by atoms with E-state index in [1.54, 1.807) is 13.0 Å². The largest absolute Gasteiger partial charge is 0.433 e. The highest BCUT2D eigenvalue weighted by molar-refractivity contribution is 6.22. The summed E-state index contributed by atoms with van der Waals surface area (Å²) in [5, 5.41) is 0. The molecular formula is C16H17F2NO3. The summed E-state index contributed by atoms with van der Waals surface area (Å²) in [4.78, 5) is 26.1. The van der Waals surface area contributed by atoms with Gasteiger partial charge in [-0.25, -0.2) is 4.90 Å². The molecule has 3 rings (SSSR count). The third kappa shape index (κ3) is 2.46. The maximum atomic E-state index is 12.6. The van der Waals surface area contributed by atoms with Crippen LogP contribution in [0.4, 0.5) is 14.5 Å². The van der Waals surface area contributed by atoms with Crippen LogP contribution >= 0.6 is 0 Å². The van der Waals surface area contributed by atoms with E-state index >= 15 is 0 Å². The molecule has 6 heteroatoms. The summed E-state index contributed by atoms with van der Waals surface area (Å²) in [5.41, 5.74) is 0.839. The normalized spacial score (nSPS) is 24.8. The van der Waals surface area contributed by atoms with E-state index in [1.165, 1.54) is 12.1 Å². The summed E-state index contributed by atoms with van der Waals surface area (Å²) < 4.78 is 29.7. The molecule has 118 valence electrons. The molecule has 0 bridgehead atoms. The predicted octanol–water partition coefficient (Wildman–Crippen LogP) is 3.28. The van der Waals surface area contributed by atoms with Crippen LogP contribution in [0.3, 0.4) is 0 Å². The van der Waals surface area contributed by atoms with Gasteiger partial charge in [0, 0.05) is 0 Å². The van der Waals surface area contributed by atoms with E-state index in [0.29, 0.717) is 12.8 Å². The summed E-state index contributed by atoms with van der Waals surface area (Å²) in [6.45, 7) is -1.27. The Morgan fingerprint density at radius 3 is 2.27 bits per heavy atom. The SMILES string of the molecule is Cc1ccc(N2C(=O)[C@H]3CCCC[C@H]3C2=O)c(OC(F)F)c1. The van der Waals surface area contributed by atoms with Gasteiger partial charge in [-0.3, -0.25) is 9.59 Å². The van der Waals surface area contributed by atoms with Gasteiger partial charge in [-0.05, 0) is 37.5 Å². The lowest BCUT2D eigenvalue weighted by molar-refractivity contribution is -0.122. The first-order valence-electron chi connectivity index (χ1n) is 7.42. The third-order valence-corrected chi connectivity index (χ3v) is 4.41. The average Bonchev–Trinajstić information content (AvgIpc) is 2.72. The second-order valence-corrected chi connectivity index (χ2v) is 5.86. The number of imide groups is 1. The van der Waals surface area contributed by atoms with Gasteiger partial charge in [0.25, 0.3) is 0 Å². The minimum atomic E-state index is -3.00. The molecule has 4 nitrogen and oxygen atoms in total. The Morgan fingerprint density at radius 1 is 1.14 bits per heavy atom. The molecule has 1 saturated carbocycles. The van der Waals surface area contributed by atoms with Crippen LogP contribution in [0, 0.1) is 18.8 Å². The molecule has 22 heavy (non-hydrogen) atoms. The Balaban J connectivity index is 2.00. The van der Waals surface area contributed by atoms with Gasteiger partial charge in [-0.2, -0.15) is 8.78 Å². The molecule has 1 aromatic carbocycles. The number of amides is 2. The first-order valence-corrected chi connectivity index (χ1v) is 7.42. The molecule has 0 radical (unpaired) electrons. The fraction of sp³-hybridized carbons (Fsp3) is 0.500. The van der Waals surface area contributed by atoms with Crippen molar-refractivity contribution >= 4 is 17.5 Å². The van der Waals surface area contributed by atoms with Crippen LogP contribution < -0.4 is 9.64 Å². The highest BCUT2D eigenvalue weighted by Gasteiger charge is 2.49. The van der Waals surface area contributed by atoms with Gasteiger partial charge in [-0.1, -0.05) is 18.9 Å². The Kier molecular flexibility index (Phi) is 3.85. The average molecular weight is 309 g/mol. The van der Waals surface area contributed by atoms with Crippen LogP contribution in [0.5, 0.6) is 5.75 Å². The van der Waals surface area contributed by atoms with Crippen molar-refractivity contribution in [2.75, 3.05) is 4.90 Å². The van der Waals surface area contributed by atoms with Crippen molar-refractivity contribution in [1.29, 1.82) is 0 Å². The summed E-state index contributed by atoms with van der Waals surface area (Å²) >= 11 is 0. The monoisotopic (exact) mass is 309 g/mol. The van der Waals surface area contributed by atoms with Gasteiger partial charge in [-0.15, -0.1) is 0 Å². The van der Waals surface area contributed by atoms with Gasteiger partial charge < -0.3 is 4.74 Å². The number of nitrogens with zero attached hydrogens (tertiary/aromatic N) is 1. The zero-order chi connectivity index (χ0) is 15.9. The maximum absolute atomic E-state index is 12.6. The van der Waals surface area contributed by atoms with Crippen molar-refractivity contribution in [2.45, 2.75) is 39.2 Å². The van der Waals surface area contributed by atoms with Gasteiger partial charge in [0.1, 0.15) is 0 Å². The first-order chi connectivity index (χ1) is 10.5. The fourth-order valence-corrected chi connectivity index (χ4v) is 3.40. The molecule has 1 aromatic rings. The lowest BCUT2D eigenvalue weighted by atomic mass is 9.81. The lowest BCUT2D eigenvalue weighted by Crippen LogP contribution is -2.31. The van der Waals surface area contributed by atoms with Gasteiger partial charge in [0.05, 0.1) is 17.5 Å². The number of fused-ring (bicyclic) bond motifs is 1. The molecule has 0 unspecified atom stereocenters. The summed E-state index contributed by atoms with van der Waals surface area (Å²) in [6, 6.07) is 4.60. The van der Waals surface area contributed by atoms with Crippen LogP contribution in [0.25, 0.3) is 0 Å². The van der Waals surface area contributed by atoms with E-state index < -0.39 is 6.61 Å². The molecule has 1 aliphatic carbocycles. The number of hydrogen-bond donors (Lipinski definition) is 0. The topological polar surface area (TPSA) is 46.6 Å². The van der Waals surface area contributed by atoms with Crippen molar-refractivity contribution < 1.29 is 23.1 Å². The molecule has 2 aliphatic rings. The van der Waals surface area contributed by atoms with Crippen molar-refractivity contribution in [3.05, 3.63) is 23.8 Å². The van der Waals surface area contributed by atoms with Crippen molar-refractivity contribution in [3.8, 4) is 5.75 Å². The Hall–Kier alpha value is -1.98. The molecular weight excluding hydrogens is 292 g/mol. The molecule has 1 heterocycles. The highest BCUT2D eigenvalue weighted by atomic mass is 19.3. The second kappa shape index (κ2) is 5.66. The van der Waals surface area contributed by atoms with E-state index in [1.807, 2.05) is 0 Å². The zero-order valence-electron chi connectivity index (χ0n) is 12.2. The number of anilines is 1. The number of benzene rings is 1. The fourth-order valence-electron chi connectivity index (χ4n) is 3.40. The maximum Gasteiger partial charge on any atom is 0.387 e. The molecule has 1 saturated heterocycles. The summed E-state index contributed by atoms with van der Waals surface area (Å²) in [5.74, 6) is -1.35. The number of rotatable bonds is 3. The summed E-state index contributed by atoms with van der Waals surface area (Å²) in [7, 11) is 0. The standard InChI is InChI=1S/C16H17F2NO3/c1-9-6-7-12(13(8-9)22-16(17)18)19-14(20)10-4-2-3-5-11(10)15(19)21/h6-8,10-11,16H,2-5H2,1H3/t10-,11+. The molecule has 0 spiro atoms. The van der Waals surface area contributed by atoms with E-state index in [4.69, 9.17) is 0 Å². The van der Waals surface area contributed by atoms with E-state index in [0.717, 1.165) is 23.3 Å². The number of halogens is 2. The quantitative estimate of drug-likeness (QED) is 0.805. The van der Waals surface area contributed by atoms with Crippen LogP contribution in [0.15, 0.2) is 18.2 Å². The minimum Gasteiger partial charge on any atom is -0.433 e. The smallest absolute Gasteiger partial charge is 0.387 e.